The minimum Gasteiger partial charge on any atom is -0.356 e. The molecule has 0 aromatic carbocycles. The van der Waals surface area contributed by atoms with Crippen molar-refractivity contribution in [2.45, 2.75) is 66.2 Å². The lowest BCUT2D eigenvalue weighted by Gasteiger charge is -2.17. The van der Waals surface area contributed by atoms with Gasteiger partial charge in [0.1, 0.15) is 0 Å². The van der Waals surface area contributed by atoms with E-state index in [9.17, 15) is 4.79 Å². The molecule has 0 saturated heterocycles. The third kappa shape index (κ3) is 11.4. The Hall–Kier alpha value is -0.530. The highest BCUT2D eigenvalue weighted by atomic mass is 16.1. The van der Waals surface area contributed by atoms with Gasteiger partial charge in [-0.3, -0.25) is 4.79 Å². The summed E-state index contributed by atoms with van der Waals surface area (Å²) in [5.74, 6) is 0.218. The monoisotopic (exact) mass is 213 g/mol. The van der Waals surface area contributed by atoms with Gasteiger partial charge < -0.3 is 5.32 Å². The molecule has 0 aliphatic heterocycles. The van der Waals surface area contributed by atoms with E-state index in [1.807, 2.05) is 0 Å². The summed E-state index contributed by atoms with van der Waals surface area (Å²) in [5, 5.41) is 2.96. The lowest BCUT2D eigenvalue weighted by Crippen LogP contribution is -2.24. The molecule has 1 N–H and O–H groups in total. The summed E-state index contributed by atoms with van der Waals surface area (Å²) in [4.78, 5) is 11.4. The predicted molar refractivity (Wildman–Crippen MR) is 65.8 cm³/mol. The first-order chi connectivity index (χ1) is 6.95. The van der Waals surface area contributed by atoms with E-state index in [4.69, 9.17) is 0 Å². The summed E-state index contributed by atoms with van der Waals surface area (Å²) >= 11 is 0. The number of unbranched alkanes of at least 4 members (excludes halogenated alkanes) is 2. The standard InChI is InChI=1S/C13H27NO/c1-5-6-7-11-14-12(15)9-8-10-13(2,3)4/h5-11H2,1-4H3,(H,14,15). The van der Waals surface area contributed by atoms with Crippen LogP contribution >= 0.6 is 0 Å². The van der Waals surface area contributed by atoms with Gasteiger partial charge in [-0.25, -0.2) is 0 Å². The molecule has 0 aromatic rings. The Bertz CT molecular complexity index is 170. The molecule has 0 rings (SSSR count). The first-order valence-electron chi connectivity index (χ1n) is 6.22. The summed E-state index contributed by atoms with van der Waals surface area (Å²) in [6.45, 7) is 9.66. The molecule has 0 unspecified atom stereocenters. The first kappa shape index (κ1) is 14.5. The van der Waals surface area contributed by atoms with Gasteiger partial charge in [-0.2, -0.15) is 0 Å². The summed E-state index contributed by atoms with van der Waals surface area (Å²) in [7, 11) is 0. The van der Waals surface area contributed by atoms with E-state index in [0.717, 1.165) is 25.8 Å². The smallest absolute Gasteiger partial charge is 0.219 e. The SMILES string of the molecule is CCCCCNC(=O)CCCC(C)(C)C. The fourth-order valence-corrected chi connectivity index (χ4v) is 1.47. The molecule has 0 saturated carbocycles. The average molecular weight is 213 g/mol. The van der Waals surface area contributed by atoms with Gasteiger partial charge in [-0.1, -0.05) is 40.5 Å². The molecule has 2 heteroatoms. The topological polar surface area (TPSA) is 29.1 Å². The van der Waals surface area contributed by atoms with Crippen LogP contribution in [0.25, 0.3) is 0 Å². The summed E-state index contributed by atoms with van der Waals surface area (Å²) in [5.41, 5.74) is 0.350. The van der Waals surface area contributed by atoms with Crippen molar-refractivity contribution in [3.63, 3.8) is 0 Å². The van der Waals surface area contributed by atoms with Crippen LogP contribution in [-0.4, -0.2) is 12.5 Å². The lowest BCUT2D eigenvalue weighted by molar-refractivity contribution is -0.121. The Morgan fingerprint density at radius 3 is 2.33 bits per heavy atom. The van der Waals surface area contributed by atoms with E-state index in [1.54, 1.807) is 0 Å². The zero-order valence-corrected chi connectivity index (χ0v) is 10.9. The fourth-order valence-electron chi connectivity index (χ4n) is 1.47. The van der Waals surface area contributed by atoms with Gasteiger partial charge in [-0.15, -0.1) is 0 Å². The quantitative estimate of drug-likeness (QED) is 0.644. The fraction of sp³-hybridized carbons (Fsp3) is 0.923. The Labute approximate surface area is 94.8 Å². The second-order valence-corrected chi connectivity index (χ2v) is 5.47. The van der Waals surface area contributed by atoms with Crippen molar-refractivity contribution < 1.29 is 4.79 Å². The molecule has 0 aromatic heterocycles. The maximum atomic E-state index is 11.4. The van der Waals surface area contributed by atoms with Crippen LogP contribution in [-0.2, 0) is 4.79 Å². The Morgan fingerprint density at radius 2 is 1.80 bits per heavy atom. The van der Waals surface area contributed by atoms with E-state index >= 15 is 0 Å². The van der Waals surface area contributed by atoms with E-state index in [-0.39, 0.29) is 5.91 Å². The number of carbonyl (C=O) groups excluding carboxylic acids is 1. The van der Waals surface area contributed by atoms with Crippen molar-refractivity contribution in [3.8, 4) is 0 Å². The van der Waals surface area contributed by atoms with Crippen molar-refractivity contribution in [2.75, 3.05) is 6.54 Å². The number of hydrogen-bond donors (Lipinski definition) is 1. The molecule has 0 fully saturated rings. The van der Waals surface area contributed by atoms with Crippen molar-refractivity contribution in [2.24, 2.45) is 5.41 Å². The van der Waals surface area contributed by atoms with E-state index in [0.29, 0.717) is 11.8 Å². The lowest BCUT2D eigenvalue weighted by atomic mass is 9.90. The van der Waals surface area contributed by atoms with Crippen LogP contribution in [0.15, 0.2) is 0 Å². The second-order valence-electron chi connectivity index (χ2n) is 5.47. The Kier molecular flexibility index (Phi) is 7.45. The van der Waals surface area contributed by atoms with Gasteiger partial charge >= 0.3 is 0 Å². The zero-order chi connectivity index (χ0) is 11.7. The molecule has 0 heterocycles. The van der Waals surface area contributed by atoms with Gasteiger partial charge in [-0.05, 0) is 24.7 Å². The Balaban J connectivity index is 3.34. The maximum Gasteiger partial charge on any atom is 0.219 e. The molecule has 15 heavy (non-hydrogen) atoms. The van der Waals surface area contributed by atoms with Gasteiger partial charge in [0.25, 0.3) is 0 Å². The van der Waals surface area contributed by atoms with Crippen LogP contribution in [0.1, 0.15) is 66.2 Å². The van der Waals surface area contributed by atoms with Gasteiger partial charge in [0, 0.05) is 13.0 Å². The van der Waals surface area contributed by atoms with E-state index in [1.165, 1.54) is 12.8 Å². The number of nitrogens with one attached hydrogen (secondary N) is 1. The number of carbonyl (C=O) groups is 1. The van der Waals surface area contributed by atoms with Crippen LogP contribution in [0.5, 0.6) is 0 Å². The largest absolute Gasteiger partial charge is 0.356 e. The number of amides is 1. The maximum absolute atomic E-state index is 11.4. The van der Waals surface area contributed by atoms with Gasteiger partial charge in [0.05, 0.1) is 0 Å². The molecule has 0 atom stereocenters. The molecule has 0 aliphatic carbocycles. The van der Waals surface area contributed by atoms with Crippen molar-refractivity contribution in [1.82, 2.24) is 5.32 Å². The second kappa shape index (κ2) is 7.72. The van der Waals surface area contributed by atoms with Crippen molar-refractivity contribution in [1.29, 1.82) is 0 Å². The molecule has 0 aliphatic rings. The van der Waals surface area contributed by atoms with E-state index < -0.39 is 0 Å². The average Bonchev–Trinajstić information content (AvgIpc) is 2.10. The third-order valence-corrected chi connectivity index (χ3v) is 2.43. The van der Waals surface area contributed by atoms with Gasteiger partial charge in [0.15, 0.2) is 0 Å². The molecule has 2 nitrogen and oxygen atoms in total. The summed E-state index contributed by atoms with van der Waals surface area (Å²) < 4.78 is 0. The zero-order valence-electron chi connectivity index (χ0n) is 10.9. The van der Waals surface area contributed by atoms with Crippen LogP contribution in [0, 0.1) is 5.41 Å². The minimum absolute atomic E-state index is 0.218. The predicted octanol–water partition coefficient (Wildman–Crippen LogP) is 3.51. The molecular weight excluding hydrogens is 186 g/mol. The first-order valence-corrected chi connectivity index (χ1v) is 6.22. The molecule has 0 bridgehead atoms. The van der Waals surface area contributed by atoms with Crippen LogP contribution in [0.2, 0.25) is 0 Å². The molecule has 90 valence electrons. The Morgan fingerprint density at radius 1 is 1.13 bits per heavy atom. The highest BCUT2D eigenvalue weighted by Crippen LogP contribution is 2.21. The van der Waals surface area contributed by atoms with Gasteiger partial charge in [0.2, 0.25) is 5.91 Å². The molecule has 0 radical (unpaired) electrons. The van der Waals surface area contributed by atoms with E-state index in [2.05, 4.69) is 33.0 Å². The van der Waals surface area contributed by atoms with Crippen LogP contribution in [0.4, 0.5) is 0 Å². The van der Waals surface area contributed by atoms with Crippen LogP contribution < -0.4 is 5.32 Å². The van der Waals surface area contributed by atoms with Crippen molar-refractivity contribution >= 4 is 5.91 Å². The van der Waals surface area contributed by atoms with Crippen molar-refractivity contribution in [3.05, 3.63) is 0 Å². The number of rotatable bonds is 7. The molecular formula is C13H27NO. The minimum atomic E-state index is 0.218. The highest BCUT2D eigenvalue weighted by molar-refractivity contribution is 5.75. The highest BCUT2D eigenvalue weighted by Gasteiger charge is 2.10. The molecule has 1 amide bonds. The normalized spacial score (nSPS) is 11.5. The third-order valence-electron chi connectivity index (χ3n) is 2.43. The summed E-state index contributed by atoms with van der Waals surface area (Å²) in [6.07, 6.45) is 6.34. The summed E-state index contributed by atoms with van der Waals surface area (Å²) in [6, 6.07) is 0. The number of hydrogen-bond acceptors (Lipinski definition) is 1. The molecule has 0 spiro atoms. The van der Waals surface area contributed by atoms with Crippen LogP contribution in [0.3, 0.4) is 0 Å².